The van der Waals surface area contributed by atoms with Crippen molar-refractivity contribution in [3.05, 3.63) is 47.8 Å². The van der Waals surface area contributed by atoms with Gasteiger partial charge in [0, 0.05) is 19.7 Å². The minimum absolute atomic E-state index is 0.168. The number of ether oxygens (including phenoxy) is 3. The van der Waals surface area contributed by atoms with Gasteiger partial charge in [0.15, 0.2) is 0 Å². The van der Waals surface area contributed by atoms with E-state index in [0.717, 1.165) is 23.5 Å². The van der Waals surface area contributed by atoms with Crippen LogP contribution in [0.25, 0.3) is 0 Å². The van der Waals surface area contributed by atoms with E-state index in [1.54, 1.807) is 14.2 Å². The number of hydrogen-bond acceptors (Lipinski definition) is 5. The summed E-state index contributed by atoms with van der Waals surface area (Å²) in [7, 11) is 5.21. The van der Waals surface area contributed by atoms with Crippen LogP contribution in [-0.4, -0.2) is 38.2 Å². The Bertz CT molecular complexity index is 716. The van der Waals surface area contributed by atoms with Gasteiger partial charge in [0.05, 0.1) is 19.8 Å². The van der Waals surface area contributed by atoms with Gasteiger partial charge in [-0.2, -0.15) is 0 Å². The fraction of sp³-hybridized carbons (Fsp3) is 0.500. The fourth-order valence-electron chi connectivity index (χ4n) is 3.06. The number of carbonyl (C=O) groups excluding carboxylic acids is 1. The van der Waals surface area contributed by atoms with Crippen molar-refractivity contribution in [2.75, 3.05) is 21.3 Å². The first-order chi connectivity index (χ1) is 12.7. The summed E-state index contributed by atoms with van der Waals surface area (Å²) in [6.07, 6.45) is 7.55. The van der Waals surface area contributed by atoms with E-state index >= 15 is 0 Å². The van der Waals surface area contributed by atoms with Crippen molar-refractivity contribution in [1.29, 1.82) is 0 Å². The van der Waals surface area contributed by atoms with Gasteiger partial charge in [0.25, 0.3) is 0 Å². The van der Waals surface area contributed by atoms with Gasteiger partial charge >= 0.3 is 5.97 Å². The molecule has 148 valence electrons. The molecule has 1 unspecified atom stereocenters. The molecule has 27 heavy (non-hydrogen) atoms. The Morgan fingerprint density at radius 3 is 2.56 bits per heavy atom. The number of methoxy groups -OCH3 is 2. The van der Waals surface area contributed by atoms with Crippen molar-refractivity contribution in [3.8, 4) is 11.5 Å². The number of benzene rings is 1. The molecule has 2 rings (SSSR count). The van der Waals surface area contributed by atoms with Gasteiger partial charge in [0.1, 0.15) is 17.6 Å². The van der Waals surface area contributed by atoms with Crippen LogP contribution in [0, 0.1) is 5.41 Å². The first kappa shape index (κ1) is 20.9. The largest absolute Gasteiger partial charge is 0.497 e. The Morgan fingerprint density at radius 2 is 1.96 bits per heavy atom. The summed E-state index contributed by atoms with van der Waals surface area (Å²) >= 11 is 0. The zero-order valence-electron chi connectivity index (χ0n) is 17.2. The van der Waals surface area contributed by atoms with Gasteiger partial charge in [0.2, 0.25) is 0 Å². The molecule has 5 heteroatoms. The number of hydrogen-bond donors (Lipinski definition) is 0. The zero-order valence-corrected chi connectivity index (χ0v) is 17.2. The van der Waals surface area contributed by atoms with Crippen LogP contribution in [0.2, 0.25) is 0 Å². The zero-order chi connectivity index (χ0) is 20.0. The van der Waals surface area contributed by atoms with E-state index in [-0.39, 0.29) is 17.5 Å². The molecular weight excluding hydrogens is 342 g/mol. The molecule has 0 fully saturated rings. The Hall–Kier alpha value is -2.43. The maximum Gasteiger partial charge on any atom is 0.336 e. The molecule has 0 spiro atoms. The molecule has 0 radical (unpaired) electrons. The summed E-state index contributed by atoms with van der Waals surface area (Å²) in [4.78, 5) is 14.5. The summed E-state index contributed by atoms with van der Waals surface area (Å²) in [5.74, 6) is 1.36. The molecule has 0 aliphatic carbocycles. The topological polar surface area (TPSA) is 48.0 Å². The van der Waals surface area contributed by atoms with Crippen LogP contribution in [-0.2, 0) is 16.0 Å². The summed E-state index contributed by atoms with van der Waals surface area (Å²) in [6, 6.07) is 5.76. The lowest BCUT2D eigenvalue weighted by molar-refractivity contribution is -0.150. The highest BCUT2D eigenvalue weighted by Gasteiger charge is 2.29. The van der Waals surface area contributed by atoms with Crippen LogP contribution < -0.4 is 9.47 Å². The maximum atomic E-state index is 12.6. The molecule has 0 aromatic heterocycles. The second-order valence-electron chi connectivity index (χ2n) is 7.89. The first-order valence-electron chi connectivity index (χ1n) is 9.25. The monoisotopic (exact) mass is 373 g/mol. The lowest BCUT2D eigenvalue weighted by Crippen LogP contribution is -2.33. The van der Waals surface area contributed by atoms with E-state index in [0.29, 0.717) is 18.4 Å². The normalized spacial score (nSPS) is 15.2. The van der Waals surface area contributed by atoms with Crippen LogP contribution in [0.1, 0.15) is 39.2 Å². The molecule has 0 saturated carbocycles. The van der Waals surface area contributed by atoms with E-state index in [9.17, 15) is 4.79 Å². The van der Waals surface area contributed by atoms with Crippen LogP contribution in [0.3, 0.4) is 0 Å². The predicted octanol–water partition coefficient (Wildman–Crippen LogP) is 4.33. The average molecular weight is 373 g/mol. The van der Waals surface area contributed by atoms with Gasteiger partial charge in [-0.1, -0.05) is 26.8 Å². The van der Waals surface area contributed by atoms with Crippen LogP contribution >= 0.6 is 0 Å². The number of carbonyl (C=O) groups is 1. The highest BCUT2D eigenvalue weighted by Crippen LogP contribution is 2.31. The lowest BCUT2D eigenvalue weighted by Gasteiger charge is -2.31. The molecule has 1 aromatic rings. The molecule has 1 heterocycles. The number of allylic oxidation sites excluding steroid dienone is 1. The Kier molecular flexibility index (Phi) is 6.94. The molecule has 0 saturated heterocycles. The third-order valence-electron chi connectivity index (χ3n) is 4.68. The number of aryl methyl sites for hydroxylation is 1. The Labute approximate surface area is 162 Å². The summed E-state index contributed by atoms with van der Waals surface area (Å²) in [6.45, 7) is 6.28. The smallest absolute Gasteiger partial charge is 0.336 e. The highest BCUT2D eigenvalue weighted by atomic mass is 16.5. The molecule has 0 bridgehead atoms. The molecule has 5 nitrogen and oxygen atoms in total. The summed E-state index contributed by atoms with van der Waals surface area (Å²) in [5, 5.41) is 0. The van der Waals surface area contributed by atoms with Crippen molar-refractivity contribution in [3.63, 3.8) is 0 Å². The summed E-state index contributed by atoms with van der Waals surface area (Å²) in [5.41, 5.74) is 1.55. The van der Waals surface area contributed by atoms with Gasteiger partial charge in [-0.3, -0.25) is 0 Å². The molecule has 1 aliphatic rings. The predicted molar refractivity (Wildman–Crippen MR) is 107 cm³/mol. The molecular formula is C22H31NO4. The second kappa shape index (κ2) is 8.98. The van der Waals surface area contributed by atoms with E-state index in [1.807, 2.05) is 48.6 Å². The maximum absolute atomic E-state index is 12.6. The molecule has 1 atom stereocenters. The summed E-state index contributed by atoms with van der Waals surface area (Å²) < 4.78 is 16.7. The van der Waals surface area contributed by atoms with Gasteiger partial charge in [-0.25, -0.2) is 4.79 Å². The van der Waals surface area contributed by atoms with Gasteiger partial charge in [-0.15, -0.1) is 0 Å². The quantitative estimate of drug-likeness (QED) is 0.666. The van der Waals surface area contributed by atoms with Gasteiger partial charge in [-0.05, 0) is 48.2 Å². The average Bonchev–Trinajstić information content (AvgIpc) is 2.63. The molecule has 1 aliphatic heterocycles. The second-order valence-corrected chi connectivity index (χ2v) is 7.89. The third kappa shape index (κ3) is 5.78. The molecule has 1 aromatic carbocycles. The first-order valence-corrected chi connectivity index (χ1v) is 9.25. The third-order valence-corrected chi connectivity index (χ3v) is 4.68. The number of esters is 1. The number of nitrogens with zero attached hydrogens (tertiary/aromatic N) is 1. The van der Waals surface area contributed by atoms with Crippen molar-refractivity contribution in [2.45, 2.75) is 46.1 Å². The van der Waals surface area contributed by atoms with Crippen LogP contribution in [0.4, 0.5) is 0 Å². The van der Waals surface area contributed by atoms with E-state index in [4.69, 9.17) is 14.2 Å². The Morgan fingerprint density at radius 1 is 1.22 bits per heavy atom. The van der Waals surface area contributed by atoms with Crippen LogP contribution in [0.15, 0.2) is 42.2 Å². The minimum Gasteiger partial charge on any atom is -0.497 e. The highest BCUT2D eigenvalue weighted by molar-refractivity contribution is 5.89. The molecule has 0 amide bonds. The van der Waals surface area contributed by atoms with E-state index in [2.05, 4.69) is 20.8 Å². The van der Waals surface area contributed by atoms with Crippen molar-refractivity contribution >= 4 is 5.97 Å². The SMILES string of the molecule is COc1ccc(OC)c(CCC(OC(=O)C2=CN(C)C=CC2)C(C)(C)C)c1. The standard InChI is InChI=1S/C22H31NO4/c1-22(2,3)20(27-21(24)17-8-7-13-23(4)15-17)12-9-16-14-18(25-5)10-11-19(16)26-6/h7,10-11,13-15,20H,8-9,12H2,1-6H3. The van der Waals surface area contributed by atoms with E-state index < -0.39 is 0 Å². The fourth-order valence-corrected chi connectivity index (χ4v) is 3.06. The lowest BCUT2D eigenvalue weighted by atomic mass is 9.85. The number of rotatable bonds is 7. The van der Waals surface area contributed by atoms with Crippen molar-refractivity contribution in [1.82, 2.24) is 4.90 Å². The van der Waals surface area contributed by atoms with Crippen molar-refractivity contribution < 1.29 is 19.0 Å². The van der Waals surface area contributed by atoms with E-state index in [1.165, 1.54) is 0 Å². The van der Waals surface area contributed by atoms with Gasteiger partial charge < -0.3 is 19.1 Å². The Balaban J connectivity index is 2.11. The molecule has 0 N–H and O–H groups in total. The van der Waals surface area contributed by atoms with Crippen molar-refractivity contribution in [2.24, 2.45) is 5.41 Å². The van der Waals surface area contributed by atoms with Crippen LogP contribution in [0.5, 0.6) is 11.5 Å². The minimum atomic E-state index is -0.247.